The van der Waals surface area contributed by atoms with Crippen LogP contribution in [0.4, 0.5) is 0 Å². The van der Waals surface area contributed by atoms with Crippen molar-refractivity contribution in [3.05, 3.63) is 0 Å². The number of nitrogens with zero attached hydrogens (tertiary/aromatic N) is 11. The topological polar surface area (TPSA) is 78.2 Å². The van der Waals surface area contributed by atoms with E-state index in [-0.39, 0.29) is 0 Å². The number of nitrogens with one attached hydrogen (secondary N) is 2. The Morgan fingerprint density at radius 2 is 0.324 bits per heavy atom. The van der Waals surface area contributed by atoms with Crippen LogP contribution in [0, 0.1) is 59.6 Å². The summed E-state index contributed by atoms with van der Waals surface area (Å²) in [6, 6.07) is 0. The fraction of sp³-hybridized carbons (Fsp3) is 1.00. The van der Waals surface area contributed by atoms with Gasteiger partial charge < -0.3 is 20.1 Å². The van der Waals surface area contributed by atoms with Crippen LogP contribution >= 0.6 is 0 Å². The normalized spacial score (nSPS) is 29.1. The Hall–Kier alpha value is -0.600. The van der Waals surface area contributed by atoms with Gasteiger partial charge in [0, 0.05) is 169 Å². The second kappa shape index (κ2) is 43.5. The molecule has 7 saturated carbocycles. The molecule has 2 N–H and O–H groups in total. The third kappa shape index (κ3) is 31.1. The molecule has 22 fully saturated rings. The number of hydrogen-bond acceptors (Lipinski definition) is 15. The molecule has 0 unspecified atom stereocenters. The van der Waals surface area contributed by atoms with Crippen molar-refractivity contribution in [3.63, 3.8) is 0 Å². The average Bonchev–Trinajstić information content (AvgIpc) is 0.752. The number of rotatable bonds is 0. The van der Waals surface area contributed by atoms with E-state index in [1.165, 1.54) is 401 Å². The summed E-state index contributed by atoms with van der Waals surface area (Å²) in [6.45, 7) is 115. The van der Waals surface area contributed by atoms with E-state index in [9.17, 15) is 0 Å². The van der Waals surface area contributed by atoms with Crippen molar-refractivity contribution >= 4 is 0 Å². The fourth-order valence-electron chi connectivity index (χ4n) is 27.3. The lowest BCUT2D eigenvalue weighted by molar-refractivity contribution is -0.207. The van der Waals surface area contributed by atoms with Gasteiger partial charge >= 0.3 is 0 Å². The summed E-state index contributed by atoms with van der Waals surface area (Å²) >= 11 is 0. The quantitative estimate of drug-likeness (QED) is 0.241. The Labute approximate surface area is 845 Å². The summed E-state index contributed by atoms with van der Waals surface area (Å²) in [5.74, 6) is 0. The highest BCUT2D eigenvalue weighted by molar-refractivity contribution is 5.10. The lowest BCUT2D eigenvalue weighted by Gasteiger charge is -2.60. The average molecular weight is 1900 g/mol. The number of piperidine rings is 5. The van der Waals surface area contributed by atoms with Crippen LogP contribution in [0.3, 0.4) is 0 Å². The maximum atomic E-state index is 5.32. The fourth-order valence-corrected chi connectivity index (χ4v) is 27.3. The zero-order valence-corrected chi connectivity index (χ0v) is 97.4. The third-order valence-corrected chi connectivity index (χ3v) is 40.5. The molecule has 22 rings (SSSR count). The van der Waals surface area contributed by atoms with Crippen LogP contribution in [0.25, 0.3) is 0 Å². The second-order valence-corrected chi connectivity index (χ2v) is 62.8. The minimum atomic E-state index is 0.353. The van der Waals surface area contributed by atoms with Crippen LogP contribution in [0.1, 0.15) is 460 Å². The van der Waals surface area contributed by atoms with Gasteiger partial charge in [-0.2, -0.15) is 0 Å². The molecule has 0 atom stereocenters. The van der Waals surface area contributed by atoms with Crippen molar-refractivity contribution in [1.29, 1.82) is 0 Å². The summed E-state index contributed by atoms with van der Waals surface area (Å²) in [4.78, 5) is 28.9. The first-order chi connectivity index (χ1) is 62.7. The van der Waals surface area contributed by atoms with Gasteiger partial charge in [-0.15, -0.1) is 0 Å². The minimum absolute atomic E-state index is 0.353. The van der Waals surface area contributed by atoms with E-state index in [2.05, 4.69) is 293 Å². The van der Waals surface area contributed by atoms with Gasteiger partial charge in [0.1, 0.15) is 0 Å². The molecular formula is C121H233N13O2. The Bertz CT molecular complexity index is 3400. The van der Waals surface area contributed by atoms with Gasteiger partial charge in [0.15, 0.2) is 0 Å². The molecule has 15 aliphatic heterocycles. The van der Waals surface area contributed by atoms with Gasteiger partial charge in [-0.25, -0.2) is 0 Å². The van der Waals surface area contributed by atoms with Crippen molar-refractivity contribution in [2.45, 2.75) is 521 Å². The van der Waals surface area contributed by atoms with Crippen LogP contribution in [0.15, 0.2) is 0 Å². The van der Waals surface area contributed by atoms with E-state index < -0.39 is 0 Å². The van der Waals surface area contributed by atoms with E-state index in [0.717, 1.165) is 64.3 Å². The summed E-state index contributed by atoms with van der Waals surface area (Å²) < 4.78 is 10.5. The molecule has 0 aromatic carbocycles. The summed E-state index contributed by atoms with van der Waals surface area (Å²) in [6.07, 6.45) is 53.1. The number of hydrogen-bond donors (Lipinski definition) is 2. The Morgan fingerprint density at radius 1 is 0.140 bits per heavy atom. The van der Waals surface area contributed by atoms with Crippen LogP contribution in [0.5, 0.6) is 0 Å². The van der Waals surface area contributed by atoms with Crippen LogP contribution < -0.4 is 10.6 Å². The highest BCUT2D eigenvalue weighted by Crippen LogP contribution is 2.58. The molecule has 22 aliphatic rings. The van der Waals surface area contributed by atoms with E-state index >= 15 is 0 Å². The van der Waals surface area contributed by atoms with Gasteiger partial charge in [-0.3, -0.25) is 53.9 Å². The second-order valence-electron chi connectivity index (χ2n) is 62.8. The molecule has 0 radical (unpaired) electrons. The highest BCUT2D eigenvalue weighted by atomic mass is 16.5. The molecule has 0 aromatic rings. The van der Waals surface area contributed by atoms with Crippen molar-refractivity contribution in [2.75, 3.05) is 197 Å². The van der Waals surface area contributed by atoms with E-state index in [1.54, 1.807) is 0 Å². The van der Waals surface area contributed by atoms with E-state index in [4.69, 9.17) is 9.47 Å². The van der Waals surface area contributed by atoms with Crippen LogP contribution in [0.2, 0.25) is 0 Å². The molecule has 15 heteroatoms. The maximum absolute atomic E-state index is 5.32. The predicted octanol–water partition coefficient (Wildman–Crippen LogP) is 25.4. The Balaban J connectivity index is 0.000000135. The summed E-state index contributed by atoms with van der Waals surface area (Å²) in [7, 11) is 0. The molecular weight excluding hydrogens is 1670 g/mol. The Morgan fingerprint density at radius 3 is 0.544 bits per heavy atom. The predicted molar refractivity (Wildman–Crippen MR) is 585 cm³/mol. The maximum Gasteiger partial charge on any atom is 0.0569 e. The minimum Gasteiger partial charge on any atom is -0.380 e. The number of ether oxygens (including phenoxy) is 2. The lowest BCUT2D eigenvalue weighted by Crippen LogP contribution is -2.73. The Kier molecular flexibility index (Phi) is 36.5. The zero-order valence-electron chi connectivity index (χ0n) is 97.4. The third-order valence-electron chi connectivity index (χ3n) is 40.5. The van der Waals surface area contributed by atoms with Crippen molar-refractivity contribution < 1.29 is 9.47 Å². The standard InChI is InChI=1S/C13H25N.3C12H23N.C11H22N2.C11H21NO.2C11H21N.C10H19N.C9H18N2.C9H17NO/c1-12(2,3)14-10-9-13(11-14)7-5-4-6-8-13;1-11(2,3)13-9-5-8-12(10-13)6-4-7-12;1-11(2,3)13-9-7-12(8-10-13)5-4-6-12;1-11(2,3)13-9-12(10-13)7-5-4-6-8-12;1-10(2,3)13-6-4-11(5-7-13)8-12-9-11;1-10(2,3)12-6-4-11(5-7-12)8-13-9-11;1-10(2,3)12-8-6-11(4-5-11)7-9-12;1-10(2,3)12-8-7-11(9-12)5-4-6-11;1-9(2,3)11-7-6-10(8-11)4-5-10;1-8(2,3)11-6-9(7-11)4-10-5-9;1-8(2,3)10-4-9(5-10)6-11-7-9/h4-11H2,1-3H3;3*4-10H2,1-3H3;12H,4-9H2,1-3H3;4-9H2,1-3H3;2*4-9H2,1-3H3;4-8H2,1-3H3;10H,4-7H2,1-3H3;4-7H2,1-3H3. The highest BCUT2D eigenvalue weighted by Gasteiger charge is 2.56. The first-order valence-electron chi connectivity index (χ1n) is 58.5. The van der Waals surface area contributed by atoms with Gasteiger partial charge in [0.05, 0.1) is 26.4 Å². The van der Waals surface area contributed by atoms with E-state index in [0.29, 0.717) is 82.6 Å². The summed E-state index contributed by atoms with van der Waals surface area (Å²) in [5, 5.41) is 6.76. The van der Waals surface area contributed by atoms with Gasteiger partial charge in [-0.05, 0) is 524 Å². The first kappa shape index (κ1) is 114. The zero-order chi connectivity index (χ0) is 99.8. The lowest BCUT2D eigenvalue weighted by atomic mass is 9.63. The molecule has 0 aromatic heterocycles. The molecule has 0 amide bonds. The smallest absolute Gasteiger partial charge is 0.0569 e. The van der Waals surface area contributed by atoms with Gasteiger partial charge in [0.25, 0.3) is 0 Å². The first-order valence-corrected chi connectivity index (χ1v) is 58.5. The largest absolute Gasteiger partial charge is 0.380 e. The van der Waals surface area contributed by atoms with Crippen molar-refractivity contribution in [1.82, 2.24) is 64.5 Å². The molecule has 136 heavy (non-hydrogen) atoms. The molecule has 15 heterocycles. The van der Waals surface area contributed by atoms with Crippen LogP contribution in [-0.2, 0) is 9.47 Å². The molecule has 794 valence electrons. The number of likely N-dealkylation sites (tertiary alicyclic amines) is 11. The van der Waals surface area contributed by atoms with Crippen LogP contribution in [-0.4, -0.2) is 311 Å². The molecule has 0 bridgehead atoms. The van der Waals surface area contributed by atoms with Gasteiger partial charge in [0.2, 0.25) is 0 Å². The van der Waals surface area contributed by atoms with Crippen molar-refractivity contribution in [2.24, 2.45) is 59.6 Å². The molecule has 15 nitrogen and oxygen atoms in total. The molecule has 15 saturated heterocycles. The van der Waals surface area contributed by atoms with Gasteiger partial charge in [-0.1, -0.05) is 57.8 Å². The summed E-state index contributed by atoms with van der Waals surface area (Å²) in [5.41, 5.74) is 12.3. The molecule has 7 aliphatic carbocycles. The monoisotopic (exact) mass is 1900 g/mol. The molecule has 11 spiro atoms. The van der Waals surface area contributed by atoms with Crippen molar-refractivity contribution in [3.8, 4) is 0 Å². The SMILES string of the molecule is CC(C)(C)N1CC2(CCCCC2)C1.CC(C)(C)N1CC2(CNC2)C1.CC(C)(C)N1CC2(COC2)C1.CC(C)(C)N1CCC2(CC1)CC2.CC(C)(C)N1CCC2(CC1)CNC2.CC(C)(C)N1CCC2(CC1)COC2.CC(C)(C)N1CCC2(CC2)C1.CC(C)(C)N1CCC2(CCC2)C1.CC(C)(C)N1CCC2(CCC2)CC1.CC(C)(C)N1CCC2(CCCCC2)C1.CC(C)(C)N1CCCC2(CCC2)C1. The van der Waals surface area contributed by atoms with E-state index in [1.807, 2.05) is 0 Å².